The molecule has 136 valence electrons. The van der Waals surface area contributed by atoms with Crippen LogP contribution in [0.1, 0.15) is 53.6 Å². The number of carbonyl (C=O) groups excluding carboxylic acids is 2. The van der Waals surface area contributed by atoms with Crippen molar-refractivity contribution in [1.82, 2.24) is 10.2 Å². The van der Waals surface area contributed by atoms with Crippen LogP contribution in [0.2, 0.25) is 0 Å². The molecule has 4 rings (SSSR count). The monoisotopic (exact) mass is 368 g/mol. The first kappa shape index (κ1) is 17.3. The van der Waals surface area contributed by atoms with Crippen molar-refractivity contribution in [2.75, 3.05) is 0 Å². The topological polar surface area (TPSA) is 49.4 Å². The summed E-state index contributed by atoms with van der Waals surface area (Å²) in [6.45, 7) is 0.637. The molecule has 0 saturated heterocycles. The molecule has 0 spiro atoms. The second-order valence-electron chi connectivity index (χ2n) is 7.33. The number of carbonyl (C=O) groups is 2. The number of thiophene rings is 1. The Morgan fingerprint density at radius 3 is 2.42 bits per heavy atom. The lowest BCUT2D eigenvalue weighted by molar-refractivity contribution is -0.132. The van der Waals surface area contributed by atoms with Crippen molar-refractivity contribution in [3.8, 4) is 0 Å². The van der Waals surface area contributed by atoms with Crippen LogP contribution >= 0.6 is 11.3 Å². The number of rotatable bonds is 8. The molecular formula is C21H24N2O2S. The first-order valence-corrected chi connectivity index (χ1v) is 10.3. The summed E-state index contributed by atoms with van der Waals surface area (Å²) in [5.74, 6) is 0.235. The van der Waals surface area contributed by atoms with E-state index in [4.69, 9.17) is 0 Å². The lowest BCUT2D eigenvalue weighted by Gasteiger charge is -2.23. The standard InChI is InChI=1S/C21H24N2O2S/c24-20(10-3-16-11-12-26-14-16)23(19-8-9-19)13-15-1-4-17(5-2-15)21(25)22-18-6-7-18/h1-2,4-5,11-12,14,18-19H,3,6-10,13H2,(H,22,25). The van der Waals surface area contributed by atoms with Crippen LogP contribution in [0.15, 0.2) is 41.1 Å². The summed E-state index contributed by atoms with van der Waals surface area (Å²) < 4.78 is 0. The van der Waals surface area contributed by atoms with Gasteiger partial charge in [-0.05, 0) is 72.2 Å². The second kappa shape index (κ2) is 7.62. The van der Waals surface area contributed by atoms with Crippen molar-refractivity contribution in [3.05, 3.63) is 57.8 Å². The molecule has 0 bridgehead atoms. The van der Waals surface area contributed by atoms with Gasteiger partial charge in [-0.3, -0.25) is 9.59 Å². The Hall–Kier alpha value is -2.14. The summed E-state index contributed by atoms with van der Waals surface area (Å²) in [7, 11) is 0. The van der Waals surface area contributed by atoms with Crippen molar-refractivity contribution in [2.45, 2.75) is 57.2 Å². The van der Waals surface area contributed by atoms with Crippen LogP contribution in [0, 0.1) is 0 Å². The molecular weight excluding hydrogens is 344 g/mol. The maximum Gasteiger partial charge on any atom is 0.251 e. The smallest absolute Gasteiger partial charge is 0.251 e. The van der Waals surface area contributed by atoms with Crippen molar-refractivity contribution in [3.63, 3.8) is 0 Å². The maximum atomic E-state index is 12.7. The number of benzene rings is 1. The van der Waals surface area contributed by atoms with Gasteiger partial charge in [0.25, 0.3) is 5.91 Å². The molecule has 2 saturated carbocycles. The molecule has 2 aromatic rings. The molecule has 5 heteroatoms. The number of hydrogen-bond donors (Lipinski definition) is 1. The highest BCUT2D eigenvalue weighted by Crippen LogP contribution is 2.29. The third-order valence-corrected chi connectivity index (χ3v) is 5.73. The van der Waals surface area contributed by atoms with Gasteiger partial charge in [0.2, 0.25) is 5.91 Å². The fourth-order valence-corrected chi connectivity index (χ4v) is 3.79. The van der Waals surface area contributed by atoms with Crippen molar-refractivity contribution in [1.29, 1.82) is 0 Å². The quantitative estimate of drug-likeness (QED) is 0.771. The first-order chi connectivity index (χ1) is 12.7. The minimum absolute atomic E-state index is 0.00457. The van der Waals surface area contributed by atoms with Gasteiger partial charge in [-0.2, -0.15) is 11.3 Å². The van der Waals surface area contributed by atoms with Gasteiger partial charge in [0.15, 0.2) is 0 Å². The Labute approximate surface area is 158 Å². The molecule has 1 aromatic carbocycles. The van der Waals surface area contributed by atoms with E-state index in [2.05, 4.69) is 22.1 Å². The average Bonchev–Trinajstić information content (AvgIpc) is 3.58. The van der Waals surface area contributed by atoms with Gasteiger partial charge in [-0.25, -0.2) is 0 Å². The van der Waals surface area contributed by atoms with Gasteiger partial charge in [0.1, 0.15) is 0 Å². The highest BCUT2D eigenvalue weighted by molar-refractivity contribution is 7.07. The second-order valence-corrected chi connectivity index (χ2v) is 8.11. The molecule has 0 unspecified atom stereocenters. The van der Waals surface area contributed by atoms with Gasteiger partial charge < -0.3 is 10.2 Å². The zero-order valence-corrected chi connectivity index (χ0v) is 15.6. The summed E-state index contributed by atoms with van der Waals surface area (Å²) in [5.41, 5.74) is 3.02. The molecule has 1 aromatic heterocycles. The Morgan fingerprint density at radius 2 is 1.81 bits per heavy atom. The minimum Gasteiger partial charge on any atom is -0.349 e. The summed E-state index contributed by atoms with van der Waals surface area (Å²) >= 11 is 1.67. The molecule has 1 heterocycles. The van der Waals surface area contributed by atoms with Gasteiger partial charge in [-0.1, -0.05) is 12.1 Å². The summed E-state index contributed by atoms with van der Waals surface area (Å²) in [4.78, 5) is 26.8. The van der Waals surface area contributed by atoms with Crippen LogP contribution in [0.5, 0.6) is 0 Å². The number of nitrogens with zero attached hydrogens (tertiary/aromatic N) is 1. The van der Waals surface area contributed by atoms with Crippen LogP contribution in [0.4, 0.5) is 0 Å². The molecule has 0 aliphatic heterocycles. The SMILES string of the molecule is O=C(NC1CC1)c1ccc(CN(C(=O)CCc2ccsc2)C2CC2)cc1. The molecule has 2 aliphatic rings. The van der Waals surface area contributed by atoms with E-state index < -0.39 is 0 Å². The Kier molecular flexibility index (Phi) is 5.07. The Morgan fingerprint density at radius 1 is 1.04 bits per heavy atom. The fraction of sp³-hybridized carbons (Fsp3) is 0.429. The van der Waals surface area contributed by atoms with Gasteiger partial charge in [0.05, 0.1) is 0 Å². The minimum atomic E-state index is 0.00457. The number of amides is 2. The number of nitrogens with one attached hydrogen (secondary N) is 1. The van der Waals surface area contributed by atoms with Gasteiger partial charge in [-0.15, -0.1) is 0 Å². The lowest BCUT2D eigenvalue weighted by Crippen LogP contribution is -2.32. The van der Waals surface area contributed by atoms with E-state index in [1.54, 1.807) is 11.3 Å². The maximum absolute atomic E-state index is 12.7. The van der Waals surface area contributed by atoms with Crippen molar-refractivity contribution >= 4 is 23.2 Å². The molecule has 4 nitrogen and oxygen atoms in total. The zero-order valence-electron chi connectivity index (χ0n) is 14.8. The van der Waals surface area contributed by atoms with Crippen LogP contribution in [-0.4, -0.2) is 28.8 Å². The predicted molar refractivity (Wildman–Crippen MR) is 103 cm³/mol. The van der Waals surface area contributed by atoms with E-state index in [0.717, 1.165) is 37.7 Å². The first-order valence-electron chi connectivity index (χ1n) is 9.39. The molecule has 2 amide bonds. The highest BCUT2D eigenvalue weighted by Gasteiger charge is 2.32. The van der Waals surface area contributed by atoms with E-state index in [0.29, 0.717) is 30.6 Å². The molecule has 26 heavy (non-hydrogen) atoms. The molecule has 2 aliphatic carbocycles. The van der Waals surface area contributed by atoms with E-state index in [9.17, 15) is 9.59 Å². The van der Waals surface area contributed by atoms with E-state index in [-0.39, 0.29) is 11.8 Å². The van der Waals surface area contributed by atoms with E-state index in [1.165, 1.54) is 5.56 Å². The largest absolute Gasteiger partial charge is 0.349 e. The summed E-state index contributed by atoms with van der Waals surface area (Å²) in [6.07, 6.45) is 5.76. The normalized spacial score (nSPS) is 16.3. The molecule has 0 atom stereocenters. The van der Waals surface area contributed by atoms with Crippen molar-refractivity contribution in [2.24, 2.45) is 0 Å². The van der Waals surface area contributed by atoms with E-state index >= 15 is 0 Å². The third-order valence-electron chi connectivity index (χ3n) is 5.00. The van der Waals surface area contributed by atoms with Crippen LogP contribution < -0.4 is 5.32 Å². The van der Waals surface area contributed by atoms with Gasteiger partial charge >= 0.3 is 0 Å². The predicted octanol–water partition coefficient (Wildman–Crippen LogP) is 3.76. The summed E-state index contributed by atoms with van der Waals surface area (Å²) in [6, 6.07) is 10.5. The van der Waals surface area contributed by atoms with Crippen LogP contribution in [-0.2, 0) is 17.8 Å². The van der Waals surface area contributed by atoms with Crippen LogP contribution in [0.3, 0.4) is 0 Å². The summed E-state index contributed by atoms with van der Waals surface area (Å²) in [5, 5.41) is 7.17. The highest BCUT2D eigenvalue weighted by atomic mass is 32.1. The Bertz CT molecular complexity index is 762. The number of aryl methyl sites for hydroxylation is 1. The lowest BCUT2D eigenvalue weighted by atomic mass is 10.1. The zero-order chi connectivity index (χ0) is 17.9. The van der Waals surface area contributed by atoms with Gasteiger partial charge in [0, 0.05) is 30.6 Å². The third kappa shape index (κ3) is 4.52. The number of hydrogen-bond acceptors (Lipinski definition) is 3. The fourth-order valence-electron chi connectivity index (χ4n) is 3.09. The average molecular weight is 369 g/mol. The van der Waals surface area contributed by atoms with Crippen molar-refractivity contribution < 1.29 is 9.59 Å². The Balaban J connectivity index is 1.35. The molecule has 0 radical (unpaired) electrons. The molecule has 1 N–H and O–H groups in total. The van der Waals surface area contributed by atoms with Crippen LogP contribution in [0.25, 0.3) is 0 Å². The molecule has 2 fully saturated rings. The van der Waals surface area contributed by atoms with E-state index in [1.807, 2.05) is 29.2 Å².